The minimum Gasteiger partial charge on any atom is -0.495 e. The van der Waals surface area contributed by atoms with Crippen LogP contribution in [0.3, 0.4) is 0 Å². The summed E-state index contributed by atoms with van der Waals surface area (Å²) < 4.78 is 40.3. The predicted octanol–water partition coefficient (Wildman–Crippen LogP) is 4.59. The molecule has 0 aliphatic carbocycles. The number of hydrogen-bond donors (Lipinski definition) is 0. The van der Waals surface area contributed by atoms with Crippen molar-refractivity contribution in [2.75, 3.05) is 25.1 Å². The monoisotopic (exact) mass is 506 g/mol. The first-order chi connectivity index (χ1) is 17.2. The van der Waals surface area contributed by atoms with Crippen molar-refractivity contribution in [1.29, 1.82) is 0 Å². The van der Waals surface area contributed by atoms with Crippen molar-refractivity contribution in [3.8, 4) is 5.75 Å². The number of aryl methyl sites for hydroxylation is 2. The van der Waals surface area contributed by atoms with Crippen LogP contribution in [0.5, 0.6) is 5.75 Å². The van der Waals surface area contributed by atoms with E-state index in [-0.39, 0.29) is 16.1 Å². The fourth-order valence-corrected chi connectivity index (χ4v) is 5.41. The highest BCUT2D eigenvalue weighted by atomic mass is 32.2. The third kappa shape index (κ3) is 4.57. The molecule has 0 N–H and O–H groups in total. The van der Waals surface area contributed by atoms with Gasteiger partial charge in [-0.2, -0.15) is 0 Å². The lowest BCUT2D eigenvalue weighted by Crippen LogP contribution is -2.38. The molecule has 0 aliphatic heterocycles. The van der Waals surface area contributed by atoms with Gasteiger partial charge in [-0.3, -0.25) is 13.7 Å². The molecule has 4 aromatic rings. The van der Waals surface area contributed by atoms with E-state index in [4.69, 9.17) is 9.47 Å². The Balaban J connectivity index is 1.86. The smallest absolute Gasteiger partial charge is 0.340 e. The Morgan fingerprint density at radius 3 is 2.25 bits per heavy atom. The quantitative estimate of drug-likeness (QED) is 0.340. The minimum absolute atomic E-state index is 0.0390. The summed E-state index contributed by atoms with van der Waals surface area (Å²) in [6.07, 6.45) is 1.38. The molecule has 0 aliphatic rings. The first-order valence-corrected chi connectivity index (χ1v) is 12.6. The average Bonchev–Trinajstić information content (AvgIpc) is 3.27. The molecule has 9 heteroatoms. The van der Waals surface area contributed by atoms with Crippen LogP contribution >= 0.6 is 0 Å². The fraction of sp³-hybridized carbons (Fsp3) is 0.185. The zero-order chi connectivity index (χ0) is 26.0. The number of para-hydroxylation sites is 1. The van der Waals surface area contributed by atoms with Crippen molar-refractivity contribution in [2.24, 2.45) is 0 Å². The third-order valence-electron chi connectivity index (χ3n) is 5.88. The fourth-order valence-electron chi connectivity index (χ4n) is 3.99. The molecular formula is C27H26N2O6S. The van der Waals surface area contributed by atoms with E-state index >= 15 is 0 Å². The summed E-state index contributed by atoms with van der Waals surface area (Å²) in [6.45, 7) is 3.15. The molecule has 0 saturated heterocycles. The van der Waals surface area contributed by atoms with Gasteiger partial charge >= 0.3 is 5.97 Å². The van der Waals surface area contributed by atoms with E-state index in [2.05, 4.69) is 0 Å². The van der Waals surface area contributed by atoms with Crippen LogP contribution in [0.2, 0.25) is 0 Å². The lowest BCUT2D eigenvalue weighted by Gasteiger charge is -2.26. The zero-order valence-electron chi connectivity index (χ0n) is 20.4. The molecule has 0 fully saturated rings. The lowest BCUT2D eigenvalue weighted by molar-refractivity contribution is 0.0603. The standard InChI is InChI=1S/C27H26N2O6S/c1-18-9-12-20(13-10-18)36(32,33)29(24-15-19(2)11-14-25(24)34-3)17-26(30)28-16-22(27(31)35-4)21-7-5-6-8-23(21)28/h5-16H,17H2,1-4H3. The van der Waals surface area contributed by atoms with E-state index in [1.807, 2.05) is 13.8 Å². The molecule has 0 spiro atoms. The third-order valence-corrected chi connectivity index (χ3v) is 7.65. The highest BCUT2D eigenvalue weighted by molar-refractivity contribution is 7.92. The van der Waals surface area contributed by atoms with Crippen molar-refractivity contribution < 1.29 is 27.5 Å². The summed E-state index contributed by atoms with van der Waals surface area (Å²) in [4.78, 5) is 26.0. The van der Waals surface area contributed by atoms with Gasteiger partial charge < -0.3 is 9.47 Å². The molecule has 0 radical (unpaired) electrons. The average molecular weight is 507 g/mol. The number of aromatic nitrogens is 1. The van der Waals surface area contributed by atoms with E-state index < -0.39 is 28.4 Å². The Labute approximate surface area is 209 Å². The maximum atomic E-state index is 13.8. The van der Waals surface area contributed by atoms with E-state index in [9.17, 15) is 18.0 Å². The maximum absolute atomic E-state index is 13.8. The number of fused-ring (bicyclic) bond motifs is 1. The van der Waals surface area contributed by atoms with Gasteiger partial charge in [-0.15, -0.1) is 0 Å². The number of benzene rings is 3. The summed E-state index contributed by atoms with van der Waals surface area (Å²) in [5.41, 5.74) is 2.60. The van der Waals surface area contributed by atoms with Gasteiger partial charge in [0.05, 0.1) is 35.9 Å². The Morgan fingerprint density at radius 2 is 1.58 bits per heavy atom. The van der Waals surface area contributed by atoms with E-state index in [1.54, 1.807) is 54.6 Å². The molecule has 0 saturated carbocycles. The Hall–Kier alpha value is -4.11. The van der Waals surface area contributed by atoms with E-state index in [1.165, 1.54) is 37.1 Å². The molecule has 36 heavy (non-hydrogen) atoms. The first kappa shape index (κ1) is 25.0. The molecule has 0 bridgehead atoms. The van der Waals surface area contributed by atoms with Gasteiger partial charge in [0.2, 0.25) is 0 Å². The molecule has 186 valence electrons. The number of hydrogen-bond acceptors (Lipinski definition) is 6. The van der Waals surface area contributed by atoms with Crippen LogP contribution < -0.4 is 9.04 Å². The maximum Gasteiger partial charge on any atom is 0.340 e. The zero-order valence-corrected chi connectivity index (χ0v) is 21.2. The van der Waals surface area contributed by atoms with Crippen molar-refractivity contribution >= 4 is 38.5 Å². The number of nitrogens with zero attached hydrogens (tertiary/aromatic N) is 2. The van der Waals surface area contributed by atoms with Gasteiger partial charge in [-0.05, 0) is 49.7 Å². The number of ether oxygens (including phenoxy) is 2. The number of rotatable bonds is 7. The molecule has 0 atom stereocenters. The second-order valence-electron chi connectivity index (χ2n) is 8.32. The molecular weight excluding hydrogens is 480 g/mol. The van der Waals surface area contributed by atoms with Crippen molar-refractivity contribution in [1.82, 2.24) is 4.57 Å². The topological polar surface area (TPSA) is 94.9 Å². The van der Waals surface area contributed by atoms with Crippen molar-refractivity contribution in [3.05, 3.63) is 89.6 Å². The summed E-state index contributed by atoms with van der Waals surface area (Å²) in [5, 5.41) is 0.527. The second kappa shape index (κ2) is 9.87. The van der Waals surface area contributed by atoms with E-state index in [0.29, 0.717) is 16.7 Å². The van der Waals surface area contributed by atoms with Crippen LogP contribution in [0.1, 0.15) is 26.3 Å². The second-order valence-corrected chi connectivity index (χ2v) is 10.2. The first-order valence-electron chi connectivity index (χ1n) is 11.1. The lowest BCUT2D eigenvalue weighted by atomic mass is 10.2. The molecule has 8 nitrogen and oxygen atoms in total. The summed E-state index contributed by atoms with van der Waals surface area (Å²) in [5.74, 6) is -0.848. The van der Waals surface area contributed by atoms with Crippen LogP contribution in [0.25, 0.3) is 10.9 Å². The number of sulfonamides is 1. The number of carbonyl (C=O) groups is 2. The van der Waals surface area contributed by atoms with Crippen LogP contribution in [0, 0.1) is 13.8 Å². The summed E-state index contributed by atoms with van der Waals surface area (Å²) >= 11 is 0. The Morgan fingerprint density at radius 1 is 0.917 bits per heavy atom. The number of methoxy groups -OCH3 is 2. The number of anilines is 1. The molecule has 0 unspecified atom stereocenters. The van der Waals surface area contributed by atoms with Gasteiger partial charge in [-0.25, -0.2) is 13.2 Å². The largest absolute Gasteiger partial charge is 0.495 e. The molecule has 1 aromatic heterocycles. The summed E-state index contributed by atoms with van der Waals surface area (Å²) in [6, 6.07) is 18.4. The van der Waals surface area contributed by atoms with Gasteiger partial charge in [0, 0.05) is 11.6 Å². The number of carbonyl (C=O) groups excluding carboxylic acids is 2. The highest BCUT2D eigenvalue weighted by Gasteiger charge is 2.31. The normalized spacial score (nSPS) is 11.3. The van der Waals surface area contributed by atoms with Gasteiger partial charge in [-0.1, -0.05) is 42.0 Å². The molecule has 4 rings (SSSR count). The molecule has 0 amide bonds. The Kier molecular flexibility index (Phi) is 6.85. The molecule has 1 heterocycles. The van der Waals surface area contributed by atoms with Crippen molar-refractivity contribution in [3.63, 3.8) is 0 Å². The summed E-state index contributed by atoms with van der Waals surface area (Å²) in [7, 11) is -1.46. The van der Waals surface area contributed by atoms with Crippen LogP contribution in [0.4, 0.5) is 5.69 Å². The van der Waals surface area contributed by atoms with Crippen molar-refractivity contribution in [2.45, 2.75) is 18.7 Å². The van der Waals surface area contributed by atoms with Gasteiger partial charge in [0.1, 0.15) is 12.3 Å². The molecule has 3 aromatic carbocycles. The van der Waals surface area contributed by atoms with E-state index in [0.717, 1.165) is 15.4 Å². The van der Waals surface area contributed by atoms with Crippen LogP contribution in [0.15, 0.2) is 77.8 Å². The predicted molar refractivity (Wildman–Crippen MR) is 137 cm³/mol. The van der Waals surface area contributed by atoms with Gasteiger partial charge in [0.15, 0.2) is 0 Å². The van der Waals surface area contributed by atoms with Crippen LogP contribution in [-0.4, -0.2) is 45.6 Å². The highest BCUT2D eigenvalue weighted by Crippen LogP contribution is 2.34. The minimum atomic E-state index is -4.16. The Bertz CT molecular complexity index is 1560. The van der Waals surface area contributed by atoms with Gasteiger partial charge in [0.25, 0.3) is 15.9 Å². The number of esters is 1. The van der Waals surface area contributed by atoms with Crippen LogP contribution in [-0.2, 0) is 14.8 Å². The SMILES string of the molecule is COC(=O)c1cn(C(=O)CN(c2cc(C)ccc2OC)S(=O)(=O)c2ccc(C)cc2)c2ccccc12.